The van der Waals surface area contributed by atoms with Crippen molar-refractivity contribution < 1.29 is 18.0 Å². The molecular formula is C9H15ClN2O4S. The zero-order chi connectivity index (χ0) is 12.9. The van der Waals surface area contributed by atoms with Crippen molar-refractivity contribution in [2.75, 3.05) is 17.4 Å². The van der Waals surface area contributed by atoms with E-state index in [1.54, 1.807) is 0 Å². The van der Waals surface area contributed by atoms with Crippen LogP contribution in [0.5, 0.6) is 0 Å². The van der Waals surface area contributed by atoms with Crippen molar-refractivity contribution in [3.63, 3.8) is 0 Å². The molecule has 1 fully saturated rings. The zero-order valence-electron chi connectivity index (χ0n) is 9.24. The number of rotatable bonds is 3. The molecule has 1 aliphatic heterocycles. The Bertz CT molecular complexity index is 382. The molecule has 0 aromatic rings. The minimum Gasteiger partial charge on any atom is -0.335 e. The van der Waals surface area contributed by atoms with Crippen molar-refractivity contribution in [2.24, 2.45) is 0 Å². The smallest absolute Gasteiger partial charge is 0.321 e. The fourth-order valence-electron chi connectivity index (χ4n) is 1.53. The molecule has 0 aliphatic carbocycles. The highest BCUT2D eigenvalue weighted by Gasteiger charge is 2.24. The van der Waals surface area contributed by atoms with Crippen molar-refractivity contribution >= 4 is 33.4 Å². The van der Waals surface area contributed by atoms with E-state index < -0.39 is 21.8 Å². The third-order valence-corrected chi connectivity index (χ3v) is 4.37. The number of imide groups is 1. The van der Waals surface area contributed by atoms with Gasteiger partial charge in [-0.3, -0.25) is 10.1 Å². The highest BCUT2D eigenvalue weighted by molar-refractivity contribution is 7.91. The Balaban J connectivity index is 2.31. The number of alkyl halides is 1. The molecule has 8 heteroatoms. The molecule has 0 atom stereocenters. The number of urea groups is 1. The van der Waals surface area contributed by atoms with Gasteiger partial charge in [0.1, 0.15) is 9.84 Å². The van der Waals surface area contributed by atoms with E-state index >= 15 is 0 Å². The zero-order valence-corrected chi connectivity index (χ0v) is 10.8. The molecule has 98 valence electrons. The van der Waals surface area contributed by atoms with Crippen molar-refractivity contribution in [1.29, 1.82) is 0 Å². The van der Waals surface area contributed by atoms with Crippen LogP contribution in [-0.2, 0) is 14.6 Å². The normalized spacial score (nSPS) is 19.6. The summed E-state index contributed by atoms with van der Waals surface area (Å²) < 4.78 is 22.3. The largest absolute Gasteiger partial charge is 0.335 e. The summed E-state index contributed by atoms with van der Waals surface area (Å²) >= 11 is 5.34. The number of sulfone groups is 1. The van der Waals surface area contributed by atoms with Gasteiger partial charge >= 0.3 is 6.03 Å². The maximum absolute atomic E-state index is 11.3. The van der Waals surface area contributed by atoms with Crippen LogP contribution in [0.4, 0.5) is 4.79 Å². The first kappa shape index (κ1) is 14.2. The van der Waals surface area contributed by atoms with E-state index in [0.717, 1.165) is 0 Å². The van der Waals surface area contributed by atoms with Crippen LogP contribution in [0, 0.1) is 0 Å². The highest BCUT2D eigenvalue weighted by atomic mass is 35.5. The van der Waals surface area contributed by atoms with Crippen molar-refractivity contribution in [2.45, 2.75) is 25.3 Å². The van der Waals surface area contributed by atoms with Gasteiger partial charge in [-0.25, -0.2) is 13.2 Å². The lowest BCUT2D eigenvalue weighted by Crippen LogP contribution is -2.47. The Hall–Kier alpha value is -0.820. The minimum atomic E-state index is -2.94. The lowest BCUT2D eigenvalue weighted by molar-refractivity contribution is -0.119. The van der Waals surface area contributed by atoms with Crippen LogP contribution in [0.3, 0.4) is 0 Å². The molecule has 17 heavy (non-hydrogen) atoms. The van der Waals surface area contributed by atoms with Gasteiger partial charge in [0.15, 0.2) is 0 Å². The first-order valence-electron chi connectivity index (χ1n) is 5.29. The predicted molar refractivity (Wildman–Crippen MR) is 63.7 cm³/mol. The first-order valence-corrected chi connectivity index (χ1v) is 7.65. The number of nitrogens with one attached hydrogen (secondary N) is 2. The highest BCUT2D eigenvalue weighted by Crippen LogP contribution is 2.11. The summed E-state index contributed by atoms with van der Waals surface area (Å²) in [6.07, 6.45) is 0.854. The lowest BCUT2D eigenvalue weighted by Gasteiger charge is -2.22. The number of carbonyl (C=O) groups excluding carboxylic acids is 2. The standard InChI is InChI=1S/C9H15ClN2O4S/c10-4-1-8(13)12-9(14)11-7-2-5-17(15,16)6-3-7/h7H,1-6H2,(H2,11,12,13,14). The molecular weight excluding hydrogens is 268 g/mol. The molecule has 1 saturated heterocycles. The number of halogens is 1. The van der Waals surface area contributed by atoms with Crippen LogP contribution >= 0.6 is 11.6 Å². The number of amides is 3. The third kappa shape index (κ3) is 5.36. The Morgan fingerprint density at radius 2 is 1.82 bits per heavy atom. The minimum absolute atomic E-state index is 0.0770. The van der Waals surface area contributed by atoms with E-state index in [1.807, 2.05) is 0 Å². The van der Waals surface area contributed by atoms with Gasteiger partial charge in [0.25, 0.3) is 0 Å². The van der Waals surface area contributed by atoms with E-state index in [0.29, 0.717) is 12.8 Å². The molecule has 0 spiro atoms. The summed E-state index contributed by atoms with van der Waals surface area (Å²) in [7, 11) is -2.94. The molecule has 3 amide bonds. The molecule has 1 rings (SSSR count). The van der Waals surface area contributed by atoms with Crippen LogP contribution in [0.1, 0.15) is 19.3 Å². The quantitative estimate of drug-likeness (QED) is 0.714. The van der Waals surface area contributed by atoms with Crippen LogP contribution in [0.15, 0.2) is 0 Å². The Morgan fingerprint density at radius 1 is 1.24 bits per heavy atom. The first-order chi connectivity index (χ1) is 7.93. The van der Waals surface area contributed by atoms with Gasteiger partial charge in [0.2, 0.25) is 5.91 Å². The second kappa shape index (κ2) is 6.20. The summed E-state index contributed by atoms with van der Waals surface area (Å²) in [5.74, 6) is -0.136. The molecule has 1 aliphatic rings. The number of hydrogen-bond donors (Lipinski definition) is 2. The molecule has 0 saturated carbocycles. The van der Waals surface area contributed by atoms with Crippen LogP contribution in [0.2, 0.25) is 0 Å². The van der Waals surface area contributed by atoms with E-state index in [-0.39, 0.29) is 29.8 Å². The van der Waals surface area contributed by atoms with Gasteiger partial charge in [0.05, 0.1) is 11.5 Å². The maximum Gasteiger partial charge on any atom is 0.321 e. The fourth-order valence-corrected chi connectivity index (χ4v) is 3.19. The van der Waals surface area contributed by atoms with Crippen molar-refractivity contribution in [3.05, 3.63) is 0 Å². The van der Waals surface area contributed by atoms with Gasteiger partial charge in [-0.05, 0) is 12.8 Å². The van der Waals surface area contributed by atoms with Crippen LogP contribution in [-0.4, -0.2) is 43.8 Å². The summed E-state index contributed by atoms with van der Waals surface area (Å²) in [6, 6.07) is -0.785. The molecule has 6 nitrogen and oxygen atoms in total. The molecule has 2 N–H and O–H groups in total. The summed E-state index contributed by atoms with van der Waals surface area (Å²) in [5.41, 5.74) is 0. The number of hydrogen-bond acceptors (Lipinski definition) is 4. The maximum atomic E-state index is 11.3. The van der Waals surface area contributed by atoms with Crippen LogP contribution < -0.4 is 10.6 Å². The van der Waals surface area contributed by atoms with E-state index in [9.17, 15) is 18.0 Å². The van der Waals surface area contributed by atoms with Crippen LogP contribution in [0.25, 0.3) is 0 Å². The number of carbonyl (C=O) groups is 2. The monoisotopic (exact) mass is 282 g/mol. The molecule has 0 bridgehead atoms. The molecule has 0 aromatic heterocycles. The average molecular weight is 283 g/mol. The van der Waals surface area contributed by atoms with E-state index in [4.69, 9.17) is 11.6 Å². The van der Waals surface area contributed by atoms with Gasteiger partial charge in [-0.1, -0.05) is 0 Å². The van der Waals surface area contributed by atoms with Gasteiger partial charge in [0, 0.05) is 18.3 Å². The fraction of sp³-hybridized carbons (Fsp3) is 0.778. The second-order valence-electron chi connectivity index (χ2n) is 3.89. The third-order valence-electron chi connectivity index (χ3n) is 2.46. The SMILES string of the molecule is O=C(CCCl)NC(=O)NC1CCS(=O)(=O)CC1. The summed E-state index contributed by atoms with van der Waals surface area (Å²) in [6.45, 7) is 0. The lowest BCUT2D eigenvalue weighted by atomic mass is 10.2. The van der Waals surface area contributed by atoms with E-state index in [1.165, 1.54) is 0 Å². The van der Waals surface area contributed by atoms with Crippen molar-refractivity contribution in [3.8, 4) is 0 Å². The van der Waals surface area contributed by atoms with E-state index in [2.05, 4.69) is 10.6 Å². The summed E-state index contributed by atoms with van der Waals surface area (Å²) in [5, 5.41) is 4.69. The topological polar surface area (TPSA) is 92.3 Å². The molecule has 1 heterocycles. The summed E-state index contributed by atoms with van der Waals surface area (Å²) in [4.78, 5) is 22.4. The van der Waals surface area contributed by atoms with Crippen molar-refractivity contribution in [1.82, 2.24) is 10.6 Å². The van der Waals surface area contributed by atoms with Gasteiger partial charge < -0.3 is 5.32 Å². The Morgan fingerprint density at radius 3 is 2.35 bits per heavy atom. The second-order valence-corrected chi connectivity index (χ2v) is 6.57. The Labute approximate surface area is 105 Å². The Kier molecular flexibility index (Phi) is 5.20. The molecule has 0 unspecified atom stereocenters. The molecule has 0 aromatic carbocycles. The van der Waals surface area contributed by atoms with Gasteiger partial charge in [-0.2, -0.15) is 0 Å². The average Bonchev–Trinajstić information content (AvgIpc) is 2.21. The predicted octanol–water partition coefficient (Wildman–Crippen LogP) is 0.0183. The molecule has 0 radical (unpaired) electrons. The van der Waals surface area contributed by atoms with Gasteiger partial charge in [-0.15, -0.1) is 11.6 Å².